The van der Waals surface area contributed by atoms with E-state index in [1.165, 1.54) is 5.56 Å². The number of nitrogens with two attached hydrogens (primary N) is 1. The Balaban J connectivity index is 1.50. The van der Waals surface area contributed by atoms with E-state index in [0.717, 1.165) is 37.9 Å². The van der Waals surface area contributed by atoms with E-state index < -0.39 is 0 Å². The van der Waals surface area contributed by atoms with Crippen LogP contribution in [-0.4, -0.2) is 41.7 Å². The molecule has 172 valence electrons. The number of nitrogens with one attached hydrogen (secondary N) is 1. The number of carbonyl (C=O) groups excluding carboxylic acids is 2. The number of amides is 2. The summed E-state index contributed by atoms with van der Waals surface area (Å²) in [7, 11) is 0. The Morgan fingerprint density at radius 2 is 1.82 bits per heavy atom. The van der Waals surface area contributed by atoms with Crippen LogP contribution in [0.2, 0.25) is 0 Å². The van der Waals surface area contributed by atoms with Crippen molar-refractivity contribution in [3.63, 3.8) is 0 Å². The fourth-order valence-electron chi connectivity index (χ4n) is 4.40. The lowest BCUT2D eigenvalue weighted by Gasteiger charge is -2.22. The number of benzene rings is 2. The number of hydrogen-bond acceptors (Lipinski definition) is 4. The minimum absolute atomic E-state index is 0.00667. The monoisotopic (exact) mass is 444 g/mol. The Bertz CT molecular complexity index is 1080. The van der Waals surface area contributed by atoms with E-state index in [4.69, 9.17) is 5.73 Å². The molecule has 33 heavy (non-hydrogen) atoms. The molecule has 1 aliphatic carbocycles. The number of fused-ring (bicyclic) bond motifs is 1. The Kier molecular flexibility index (Phi) is 6.92. The minimum atomic E-state index is -0.114. The molecule has 1 saturated carbocycles. The average molecular weight is 445 g/mol. The lowest BCUT2D eigenvalue weighted by molar-refractivity contribution is -0.127. The summed E-state index contributed by atoms with van der Waals surface area (Å²) in [5, 5.41) is 3.13. The van der Waals surface area contributed by atoms with Crippen molar-refractivity contribution in [1.29, 1.82) is 0 Å². The molecular weight excluding hydrogens is 412 g/mol. The number of carbonyl (C=O) groups is 2. The number of nitrogens with zero attached hydrogens (tertiary/aromatic N) is 2. The third kappa shape index (κ3) is 5.33. The lowest BCUT2D eigenvalue weighted by atomic mass is 10.0. The molecule has 1 aliphatic heterocycles. The molecule has 3 N–H and O–H groups in total. The maximum Gasteiger partial charge on any atom is 0.251 e. The second-order valence-corrected chi connectivity index (χ2v) is 8.85. The van der Waals surface area contributed by atoms with E-state index in [9.17, 15) is 9.59 Å². The largest absolute Gasteiger partial charge is 0.387 e. The van der Waals surface area contributed by atoms with Crippen LogP contribution in [0.25, 0.3) is 6.08 Å². The molecule has 2 aliphatic rings. The predicted molar refractivity (Wildman–Crippen MR) is 133 cm³/mol. The van der Waals surface area contributed by atoms with Crippen molar-refractivity contribution in [3.8, 4) is 0 Å². The van der Waals surface area contributed by atoms with Gasteiger partial charge >= 0.3 is 0 Å². The van der Waals surface area contributed by atoms with Crippen LogP contribution in [0.1, 0.15) is 66.9 Å². The summed E-state index contributed by atoms with van der Waals surface area (Å²) >= 11 is 0. The van der Waals surface area contributed by atoms with E-state index in [1.807, 2.05) is 35.2 Å². The number of amidine groups is 1. The van der Waals surface area contributed by atoms with E-state index >= 15 is 0 Å². The normalized spacial score (nSPS) is 19.0. The summed E-state index contributed by atoms with van der Waals surface area (Å²) in [4.78, 5) is 32.4. The van der Waals surface area contributed by atoms with Crippen molar-refractivity contribution in [2.45, 2.75) is 51.5 Å². The van der Waals surface area contributed by atoms with E-state index in [0.29, 0.717) is 35.0 Å². The topological polar surface area (TPSA) is 87.8 Å². The highest BCUT2D eigenvalue weighted by Gasteiger charge is 2.39. The number of hydrogen-bond donors (Lipinski definition) is 2. The molecule has 1 fully saturated rings. The summed E-state index contributed by atoms with van der Waals surface area (Å²) < 4.78 is 0. The van der Waals surface area contributed by atoms with Gasteiger partial charge in [0, 0.05) is 48.2 Å². The SMILES string of the molecule is CCCN(CCC)C(=O)C1=Cc2ccc(C(=O)NC3CC3c3ccccc3)cc2N=C(N)C1. The summed E-state index contributed by atoms with van der Waals surface area (Å²) in [6.07, 6.45) is 4.94. The smallest absolute Gasteiger partial charge is 0.251 e. The van der Waals surface area contributed by atoms with Crippen LogP contribution in [0, 0.1) is 0 Å². The van der Waals surface area contributed by atoms with Crippen LogP contribution in [0.3, 0.4) is 0 Å². The molecule has 0 aromatic heterocycles. The number of rotatable bonds is 8. The predicted octanol–water partition coefficient (Wildman–Crippen LogP) is 4.40. The van der Waals surface area contributed by atoms with Crippen molar-refractivity contribution >= 4 is 29.4 Å². The van der Waals surface area contributed by atoms with Gasteiger partial charge in [-0.25, -0.2) is 4.99 Å². The van der Waals surface area contributed by atoms with Crippen LogP contribution in [-0.2, 0) is 4.79 Å². The van der Waals surface area contributed by atoms with Gasteiger partial charge in [-0.1, -0.05) is 50.2 Å². The van der Waals surface area contributed by atoms with Crippen LogP contribution in [0.5, 0.6) is 0 Å². The molecule has 1 heterocycles. The van der Waals surface area contributed by atoms with Crippen LogP contribution >= 0.6 is 0 Å². The zero-order chi connectivity index (χ0) is 23.4. The molecule has 0 bridgehead atoms. The second kappa shape index (κ2) is 10.0. The average Bonchev–Trinajstić information content (AvgIpc) is 3.60. The fourth-order valence-corrected chi connectivity index (χ4v) is 4.40. The molecule has 4 rings (SSSR count). The zero-order valence-corrected chi connectivity index (χ0v) is 19.4. The standard InChI is InChI=1S/C27H32N4O2/c1-3-12-31(13-4-2)27(33)21-14-19-10-11-20(15-23(19)29-25(28)16-21)26(32)30-24-17-22(24)18-8-6-5-7-9-18/h5-11,14-15,22,24H,3-4,12-13,16-17H2,1-2H3,(H2,28,29)(H,30,32). The van der Waals surface area contributed by atoms with Gasteiger partial charge in [-0.2, -0.15) is 0 Å². The van der Waals surface area contributed by atoms with Gasteiger partial charge in [0.1, 0.15) is 5.84 Å². The summed E-state index contributed by atoms with van der Waals surface area (Å²) in [6.45, 7) is 5.58. The molecule has 2 atom stereocenters. The highest BCUT2D eigenvalue weighted by atomic mass is 16.2. The first-order valence-electron chi connectivity index (χ1n) is 11.8. The van der Waals surface area contributed by atoms with E-state index in [1.54, 1.807) is 12.1 Å². The first kappa shape index (κ1) is 22.8. The minimum Gasteiger partial charge on any atom is -0.387 e. The second-order valence-electron chi connectivity index (χ2n) is 8.85. The van der Waals surface area contributed by atoms with Crippen LogP contribution < -0.4 is 11.1 Å². The molecular formula is C27H32N4O2. The van der Waals surface area contributed by atoms with Crippen LogP contribution in [0.4, 0.5) is 5.69 Å². The Morgan fingerprint density at radius 1 is 1.09 bits per heavy atom. The number of aliphatic imine (C=N–C) groups is 1. The van der Waals surface area contributed by atoms with Gasteiger partial charge in [-0.05, 0) is 43.0 Å². The van der Waals surface area contributed by atoms with Crippen molar-refractivity contribution in [3.05, 3.63) is 70.8 Å². The van der Waals surface area contributed by atoms with Gasteiger partial charge in [0.15, 0.2) is 0 Å². The van der Waals surface area contributed by atoms with E-state index in [-0.39, 0.29) is 17.9 Å². The lowest BCUT2D eigenvalue weighted by Crippen LogP contribution is -2.34. The molecule has 2 aromatic carbocycles. The first-order chi connectivity index (χ1) is 16.0. The molecule has 0 spiro atoms. The highest BCUT2D eigenvalue weighted by Crippen LogP contribution is 2.40. The van der Waals surface area contributed by atoms with Crippen LogP contribution in [0.15, 0.2) is 59.1 Å². The molecule has 0 saturated heterocycles. The zero-order valence-electron chi connectivity index (χ0n) is 19.4. The molecule has 6 nitrogen and oxygen atoms in total. The fraction of sp³-hybridized carbons (Fsp3) is 0.370. The third-order valence-electron chi connectivity index (χ3n) is 6.14. The maximum absolute atomic E-state index is 13.1. The Hall–Kier alpha value is -3.41. The van der Waals surface area contributed by atoms with Crippen molar-refractivity contribution in [1.82, 2.24) is 10.2 Å². The summed E-state index contributed by atoms with van der Waals surface area (Å²) in [5.74, 6) is 0.643. The summed E-state index contributed by atoms with van der Waals surface area (Å²) in [5.41, 5.74) is 10.0. The first-order valence-corrected chi connectivity index (χ1v) is 11.8. The van der Waals surface area contributed by atoms with E-state index in [2.05, 4.69) is 36.3 Å². The Labute approximate surface area is 195 Å². The quantitative estimate of drug-likeness (QED) is 0.633. The van der Waals surface area contributed by atoms with Gasteiger partial charge in [0.05, 0.1) is 5.69 Å². The Morgan fingerprint density at radius 3 is 2.52 bits per heavy atom. The van der Waals surface area contributed by atoms with Gasteiger partial charge < -0.3 is 16.0 Å². The molecule has 2 amide bonds. The molecule has 2 aromatic rings. The summed E-state index contributed by atoms with van der Waals surface area (Å²) in [6, 6.07) is 15.8. The van der Waals surface area contributed by atoms with Gasteiger partial charge in [0.2, 0.25) is 5.91 Å². The molecule has 6 heteroatoms. The molecule has 0 radical (unpaired) electrons. The molecule has 2 unspecified atom stereocenters. The van der Waals surface area contributed by atoms with Crippen molar-refractivity contribution < 1.29 is 9.59 Å². The van der Waals surface area contributed by atoms with Crippen molar-refractivity contribution in [2.75, 3.05) is 13.1 Å². The third-order valence-corrected chi connectivity index (χ3v) is 6.14. The van der Waals surface area contributed by atoms with Crippen molar-refractivity contribution in [2.24, 2.45) is 10.7 Å². The maximum atomic E-state index is 13.1. The highest BCUT2D eigenvalue weighted by molar-refractivity contribution is 6.06. The van der Waals surface area contributed by atoms with Gasteiger partial charge in [0.25, 0.3) is 5.91 Å². The van der Waals surface area contributed by atoms with Gasteiger partial charge in [-0.3, -0.25) is 9.59 Å². The van der Waals surface area contributed by atoms with Gasteiger partial charge in [-0.15, -0.1) is 0 Å².